The summed E-state index contributed by atoms with van der Waals surface area (Å²) in [5, 5.41) is 40.4. The molecule has 3 unspecified atom stereocenters. The Hall–Kier alpha value is -1.98. The van der Waals surface area contributed by atoms with E-state index in [9.17, 15) is 29.8 Å². The quantitative estimate of drug-likeness (QED) is 0.0499. The van der Waals surface area contributed by atoms with Crippen molar-refractivity contribution >= 4 is 24.7 Å². The number of aliphatic hydroxyl groups is 4. The molecule has 0 bridgehead atoms. The summed E-state index contributed by atoms with van der Waals surface area (Å²) in [7, 11) is -4.19. The largest absolute Gasteiger partial charge is 0.394 e. The smallest absolute Gasteiger partial charge is 0.358 e. The first-order valence-electron chi connectivity index (χ1n) is 19.2. The van der Waals surface area contributed by atoms with Crippen LogP contribution in [-0.4, -0.2) is 110 Å². The third-order valence-corrected chi connectivity index (χ3v) is 10.8. The normalized spacial score (nSPS) is 22.5. The second kappa shape index (κ2) is 24.4. The Morgan fingerprint density at radius 3 is 2.10 bits per heavy atom. The lowest BCUT2D eigenvalue weighted by Gasteiger charge is -2.40. The van der Waals surface area contributed by atoms with Crippen LogP contribution in [0.5, 0.6) is 0 Å². The monoisotopic (exact) mass is 761 g/mol. The second-order valence-corrected chi connectivity index (χ2v) is 15.7. The number of aromatic nitrogens is 4. The highest BCUT2D eigenvalue weighted by Crippen LogP contribution is 2.51. The highest BCUT2D eigenvalue weighted by Gasteiger charge is 2.47. The van der Waals surface area contributed by atoms with Crippen LogP contribution in [0.25, 0.3) is 11.2 Å². The van der Waals surface area contributed by atoms with Gasteiger partial charge < -0.3 is 49.5 Å². The summed E-state index contributed by atoms with van der Waals surface area (Å²) in [5.41, 5.74) is 5.54. The Bertz CT molecular complexity index is 1360. The van der Waals surface area contributed by atoms with Crippen molar-refractivity contribution in [2.75, 3.05) is 38.5 Å². The van der Waals surface area contributed by atoms with Gasteiger partial charge in [-0.05, 0) is 13.3 Å². The van der Waals surface area contributed by atoms with Gasteiger partial charge in [0.25, 0.3) is 5.56 Å². The molecule has 0 aliphatic carbocycles. The van der Waals surface area contributed by atoms with E-state index >= 15 is 0 Å². The number of nitrogens with one attached hydrogen (secondary N) is 1. The molecule has 0 aromatic carbocycles. The zero-order valence-electron chi connectivity index (χ0n) is 31.1. The molecule has 3 rings (SSSR count). The molecule has 1 fully saturated rings. The van der Waals surface area contributed by atoms with Crippen molar-refractivity contribution in [3.63, 3.8) is 0 Å². The molecule has 0 saturated carbocycles. The van der Waals surface area contributed by atoms with E-state index in [0.29, 0.717) is 6.61 Å². The minimum absolute atomic E-state index is 0.0734. The van der Waals surface area contributed by atoms with Crippen molar-refractivity contribution in [2.45, 2.75) is 160 Å². The lowest BCUT2D eigenvalue weighted by atomic mass is 10.00. The molecule has 7 atom stereocenters. The number of unbranched alkanes of at least 4 members (excludes halogenated alkanes) is 15. The molecule has 52 heavy (non-hydrogen) atoms. The van der Waals surface area contributed by atoms with Crippen molar-refractivity contribution in [1.29, 1.82) is 0 Å². The fourth-order valence-electron chi connectivity index (χ4n) is 6.15. The number of ether oxygens (including phenoxy) is 3. The highest BCUT2D eigenvalue weighted by molar-refractivity contribution is 7.53. The standard InChI is InChI=1S/C35H64N5O11P/c1-3-4-5-6-7-8-9-10-11-12-13-14-15-16-17-18-19-47-20-21-49-52(46,51-34-31(44)30(43)29(42)27(23-41)50-34)25-48-26(2)22-40-24-37-28-32(40)38-35(36)39-33(28)45/h24,26-27,29-31,34,41-44H,3-23,25H2,1-2H3,(H3,36,38,39,45)/t26?,27-,29+,30+,31-,34?,52?/m1/s1. The van der Waals surface area contributed by atoms with Crippen LogP contribution in [0.2, 0.25) is 0 Å². The molecule has 1 aliphatic rings. The van der Waals surface area contributed by atoms with Gasteiger partial charge in [-0.3, -0.25) is 18.9 Å². The minimum Gasteiger partial charge on any atom is -0.394 e. The van der Waals surface area contributed by atoms with Crippen molar-refractivity contribution in [3.05, 3.63) is 16.7 Å². The maximum absolute atomic E-state index is 13.9. The number of rotatable bonds is 29. The van der Waals surface area contributed by atoms with Crippen molar-refractivity contribution in [2.24, 2.45) is 0 Å². The Morgan fingerprint density at radius 2 is 1.50 bits per heavy atom. The zero-order chi connectivity index (χ0) is 37.8. The predicted octanol–water partition coefficient (Wildman–Crippen LogP) is 4.37. The maximum Gasteiger partial charge on any atom is 0.358 e. The molecule has 3 heterocycles. The van der Waals surface area contributed by atoms with Crippen molar-refractivity contribution in [1.82, 2.24) is 19.5 Å². The van der Waals surface area contributed by atoms with Crippen LogP contribution in [0.4, 0.5) is 5.95 Å². The number of fused-ring (bicyclic) bond motifs is 1. The number of nitrogens with zero attached hydrogens (tertiary/aromatic N) is 3. The average molecular weight is 762 g/mol. The van der Waals surface area contributed by atoms with Crippen LogP contribution >= 0.6 is 7.60 Å². The van der Waals surface area contributed by atoms with Crippen LogP contribution in [0.15, 0.2) is 11.1 Å². The van der Waals surface area contributed by atoms with Crippen LogP contribution in [0.1, 0.15) is 117 Å². The molecule has 2 aromatic heterocycles. The van der Waals surface area contributed by atoms with Gasteiger partial charge in [0.1, 0.15) is 30.8 Å². The summed E-state index contributed by atoms with van der Waals surface area (Å²) >= 11 is 0. The van der Waals surface area contributed by atoms with Gasteiger partial charge in [-0.1, -0.05) is 103 Å². The number of imidazole rings is 1. The summed E-state index contributed by atoms with van der Waals surface area (Å²) in [6.07, 6.45) is 12.6. The lowest BCUT2D eigenvalue weighted by Crippen LogP contribution is -2.59. The maximum atomic E-state index is 13.9. The molecule has 0 radical (unpaired) electrons. The molecular formula is C35H64N5O11P. The SMILES string of the molecule is CCCCCCCCCCCCCCCCCCOCCOP(=O)(COC(C)Cn1cnc2c(=O)[nH]c(N)nc21)OC1O[C@H](CO)[C@H](O)[C@H](O)[C@H]1O. The van der Waals surface area contributed by atoms with E-state index in [0.717, 1.165) is 19.3 Å². The summed E-state index contributed by atoms with van der Waals surface area (Å²) in [5.74, 6) is -0.0734. The first-order chi connectivity index (χ1) is 25.1. The van der Waals surface area contributed by atoms with Crippen molar-refractivity contribution < 1.29 is 48.2 Å². The van der Waals surface area contributed by atoms with Crippen LogP contribution in [-0.2, 0) is 34.4 Å². The molecule has 1 saturated heterocycles. The van der Waals surface area contributed by atoms with E-state index in [4.69, 9.17) is 29.0 Å². The van der Waals surface area contributed by atoms with Gasteiger partial charge in [0.05, 0.1) is 38.8 Å². The summed E-state index contributed by atoms with van der Waals surface area (Å²) in [4.78, 5) is 22.7. The number of nitrogens with two attached hydrogens (primary N) is 1. The number of hydrogen-bond donors (Lipinski definition) is 6. The van der Waals surface area contributed by atoms with Gasteiger partial charge in [0.15, 0.2) is 17.5 Å². The third-order valence-electron chi connectivity index (χ3n) is 9.23. The van der Waals surface area contributed by atoms with Crippen LogP contribution in [0, 0.1) is 0 Å². The van der Waals surface area contributed by atoms with E-state index in [2.05, 4.69) is 21.9 Å². The number of anilines is 1. The number of nitrogen functional groups attached to an aromatic ring is 1. The van der Waals surface area contributed by atoms with E-state index < -0.39 is 62.9 Å². The summed E-state index contributed by atoms with van der Waals surface area (Å²) < 4.78 is 43.6. The average Bonchev–Trinajstić information content (AvgIpc) is 3.52. The molecule has 2 aromatic rings. The molecular weight excluding hydrogens is 697 g/mol. The summed E-state index contributed by atoms with van der Waals surface area (Å²) in [6, 6.07) is 0. The Morgan fingerprint density at radius 1 is 0.904 bits per heavy atom. The first kappa shape index (κ1) is 44.4. The van der Waals surface area contributed by atoms with E-state index in [1.807, 2.05) is 0 Å². The second-order valence-electron chi connectivity index (χ2n) is 13.8. The van der Waals surface area contributed by atoms with Gasteiger partial charge in [-0.2, -0.15) is 4.98 Å². The first-order valence-corrected chi connectivity index (χ1v) is 20.9. The minimum atomic E-state index is -4.19. The summed E-state index contributed by atoms with van der Waals surface area (Å²) in [6.45, 7) is 3.93. The van der Waals surface area contributed by atoms with Gasteiger partial charge in [0.2, 0.25) is 5.95 Å². The van der Waals surface area contributed by atoms with E-state index in [1.165, 1.54) is 89.8 Å². The Labute approximate surface area is 307 Å². The predicted molar refractivity (Wildman–Crippen MR) is 197 cm³/mol. The van der Waals surface area contributed by atoms with E-state index in [1.54, 1.807) is 11.5 Å². The zero-order valence-corrected chi connectivity index (χ0v) is 32.0. The molecule has 0 amide bonds. The fraction of sp³-hybridized carbons (Fsp3) is 0.857. The van der Waals surface area contributed by atoms with Gasteiger partial charge >= 0.3 is 7.60 Å². The van der Waals surface area contributed by atoms with Crippen LogP contribution in [0.3, 0.4) is 0 Å². The van der Waals surface area contributed by atoms with Gasteiger partial charge in [0, 0.05) is 6.61 Å². The highest BCUT2D eigenvalue weighted by atomic mass is 31.2. The van der Waals surface area contributed by atoms with Crippen molar-refractivity contribution in [3.8, 4) is 0 Å². The lowest BCUT2D eigenvalue weighted by molar-refractivity contribution is -0.279. The van der Waals surface area contributed by atoms with Gasteiger partial charge in [-0.15, -0.1) is 0 Å². The Kier molecular flexibility index (Phi) is 20.9. The molecule has 7 N–H and O–H groups in total. The number of aromatic amines is 1. The molecule has 17 heteroatoms. The molecule has 300 valence electrons. The number of H-pyrrole nitrogens is 1. The molecule has 16 nitrogen and oxygen atoms in total. The third kappa shape index (κ3) is 15.4. The molecule has 0 spiro atoms. The topological polar surface area (TPSA) is 234 Å². The van der Waals surface area contributed by atoms with Crippen LogP contribution < -0.4 is 11.3 Å². The number of hydrogen-bond acceptors (Lipinski definition) is 14. The molecule has 1 aliphatic heterocycles. The Balaban J connectivity index is 1.36. The fourth-order valence-corrected chi connectivity index (χ4v) is 7.63. The van der Waals surface area contributed by atoms with Gasteiger partial charge in [-0.25, -0.2) is 4.98 Å². The van der Waals surface area contributed by atoms with E-state index in [-0.39, 0.29) is 36.9 Å². The number of aliphatic hydroxyl groups excluding tert-OH is 4.